The van der Waals surface area contributed by atoms with Gasteiger partial charge in [-0.15, -0.1) is 0 Å². The van der Waals surface area contributed by atoms with Crippen molar-refractivity contribution in [2.75, 3.05) is 0 Å². The third kappa shape index (κ3) is 4.42. The molecule has 2 heteroatoms. The van der Waals surface area contributed by atoms with Crippen molar-refractivity contribution in [3.05, 3.63) is 0 Å². The Balaban J connectivity index is 2.58. The first-order valence-electron chi connectivity index (χ1n) is 6.78. The van der Waals surface area contributed by atoms with Gasteiger partial charge in [-0.25, -0.2) is 0 Å². The molecule has 16 heavy (non-hydrogen) atoms. The summed E-state index contributed by atoms with van der Waals surface area (Å²) in [6, 6.07) is 0.491. The zero-order chi connectivity index (χ0) is 12.3. The highest BCUT2D eigenvalue weighted by Gasteiger charge is 2.31. The Morgan fingerprint density at radius 3 is 2.00 bits per heavy atom. The maximum Gasteiger partial charge on any atom is 0.0243 e. The Hall–Kier alpha value is -0.0800. The molecule has 1 rings (SSSR count). The van der Waals surface area contributed by atoms with Crippen LogP contribution < -0.4 is 11.3 Å². The fourth-order valence-electron chi connectivity index (χ4n) is 3.36. The van der Waals surface area contributed by atoms with E-state index in [1.807, 2.05) is 0 Å². The van der Waals surface area contributed by atoms with Crippen LogP contribution in [0.5, 0.6) is 0 Å². The summed E-state index contributed by atoms with van der Waals surface area (Å²) in [6.07, 6.45) is 5.25. The molecule has 0 amide bonds. The second-order valence-corrected chi connectivity index (χ2v) is 7.22. The fourth-order valence-corrected chi connectivity index (χ4v) is 3.36. The summed E-state index contributed by atoms with van der Waals surface area (Å²) in [5, 5.41) is 0. The average Bonchev–Trinajstić information content (AvgIpc) is 2.11. The van der Waals surface area contributed by atoms with Gasteiger partial charge in [-0.3, -0.25) is 11.3 Å². The highest BCUT2D eigenvalue weighted by atomic mass is 15.2. The molecule has 1 aliphatic carbocycles. The van der Waals surface area contributed by atoms with E-state index in [9.17, 15) is 0 Å². The molecular weight excluding hydrogens is 196 g/mol. The first-order chi connectivity index (χ1) is 7.31. The van der Waals surface area contributed by atoms with Gasteiger partial charge in [0.2, 0.25) is 0 Å². The molecule has 0 heterocycles. The molecule has 0 spiro atoms. The molecule has 1 saturated carbocycles. The summed E-state index contributed by atoms with van der Waals surface area (Å²) < 4.78 is 0. The van der Waals surface area contributed by atoms with E-state index in [1.54, 1.807) is 0 Å². The van der Waals surface area contributed by atoms with Gasteiger partial charge in [0, 0.05) is 6.04 Å². The van der Waals surface area contributed by atoms with Gasteiger partial charge in [-0.2, -0.15) is 0 Å². The predicted octanol–water partition coefficient (Wildman–Crippen LogP) is 3.33. The third-order valence-corrected chi connectivity index (χ3v) is 3.83. The minimum absolute atomic E-state index is 0.362. The molecule has 0 bridgehead atoms. The van der Waals surface area contributed by atoms with Gasteiger partial charge in [0.15, 0.2) is 0 Å². The summed E-state index contributed by atoms with van der Waals surface area (Å²) in [5.74, 6) is 8.25. The quantitative estimate of drug-likeness (QED) is 0.572. The maximum absolute atomic E-state index is 5.75. The zero-order valence-electron chi connectivity index (χ0n) is 11.7. The lowest BCUT2D eigenvalue weighted by Crippen LogP contribution is -2.45. The Morgan fingerprint density at radius 1 is 1.12 bits per heavy atom. The molecule has 1 aliphatic rings. The SMILES string of the molecule is CC1CC(C)CC(C(CC(C)(C)C)NN)C1. The molecule has 0 aromatic heterocycles. The molecule has 2 nitrogen and oxygen atoms in total. The molecule has 0 radical (unpaired) electrons. The number of hydrogen-bond acceptors (Lipinski definition) is 2. The lowest BCUT2D eigenvalue weighted by molar-refractivity contribution is 0.148. The van der Waals surface area contributed by atoms with Crippen LogP contribution >= 0.6 is 0 Å². The highest BCUT2D eigenvalue weighted by Crippen LogP contribution is 2.37. The van der Waals surface area contributed by atoms with Crippen molar-refractivity contribution < 1.29 is 0 Å². The van der Waals surface area contributed by atoms with Crippen LogP contribution in [0.2, 0.25) is 0 Å². The van der Waals surface area contributed by atoms with Gasteiger partial charge in [0.25, 0.3) is 0 Å². The van der Waals surface area contributed by atoms with Crippen LogP contribution in [0.15, 0.2) is 0 Å². The van der Waals surface area contributed by atoms with Crippen LogP contribution in [0.4, 0.5) is 0 Å². The second kappa shape index (κ2) is 5.50. The average molecular weight is 226 g/mol. The van der Waals surface area contributed by atoms with Crippen LogP contribution in [0, 0.1) is 23.2 Å². The van der Waals surface area contributed by atoms with Crippen LogP contribution in [0.3, 0.4) is 0 Å². The Kier molecular flexibility index (Phi) is 4.81. The molecule has 0 aliphatic heterocycles. The number of nitrogens with two attached hydrogens (primary N) is 1. The number of rotatable bonds is 3. The summed E-state index contributed by atoms with van der Waals surface area (Å²) in [6.45, 7) is 11.7. The third-order valence-electron chi connectivity index (χ3n) is 3.83. The van der Waals surface area contributed by atoms with Crippen molar-refractivity contribution >= 4 is 0 Å². The molecule has 3 unspecified atom stereocenters. The molecule has 1 fully saturated rings. The van der Waals surface area contributed by atoms with Gasteiger partial charge < -0.3 is 0 Å². The lowest BCUT2D eigenvalue weighted by Gasteiger charge is -2.38. The van der Waals surface area contributed by atoms with Crippen molar-refractivity contribution in [2.24, 2.45) is 29.0 Å². The van der Waals surface area contributed by atoms with Crippen LogP contribution in [0.25, 0.3) is 0 Å². The zero-order valence-corrected chi connectivity index (χ0v) is 11.7. The van der Waals surface area contributed by atoms with Gasteiger partial charge >= 0.3 is 0 Å². The van der Waals surface area contributed by atoms with E-state index in [0.717, 1.165) is 17.8 Å². The summed E-state index contributed by atoms with van der Waals surface area (Å²) in [5.41, 5.74) is 3.43. The molecule has 96 valence electrons. The minimum atomic E-state index is 0.362. The first-order valence-corrected chi connectivity index (χ1v) is 6.78. The van der Waals surface area contributed by atoms with E-state index < -0.39 is 0 Å². The summed E-state index contributed by atoms with van der Waals surface area (Å²) in [7, 11) is 0. The van der Waals surface area contributed by atoms with E-state index in [-0.39, 0.29) is 0 Å². The van der Waals surface area contributed by atoms with E-state index >= 15 is 0 Å². The number of hydrogen-bond donors (Lipinski definition) is 2. The highest BCUT2D eigenvalue weighted by molar-refractivity contribution is 4.85. The topological polar surface area (TPSA) is 38.0 Å². The summed E-state index contributed by atoms with van der Waals surface area (Å²) >= 11 is 0. The first kappa shape index (κ1) is 14.0. The Morgan fingerprint density at radius 2 is 1.62 bits per heavy atom. The molecule has 0 saturated heterocycles. The van der Waals surface area contributed by atoms with E-state index in [2.05, 4.69) is 40.0 Å². The van der Waals surface area contributed by atoms with Crippen molar-refractivity contribution in [3.8, 4) is 0 Å². The van der Waals surface area contributed by atoms with E-state index in [0.29, 0.717) is 11.5 Å². The molecular formula is C14H30N2. The van der Waals surface area contributed by atoms with Crippen molar-refractivity contribution in [3.63, 3.8) is 0 Å². The van der Waals surface area contributed by atoms with E-state index in [1.165, 1.54) is 25.7 Å². The standard InChI is InChI=1S/C14H30N2/c1-10-6-11(2)8-12(7-10)13(16-15)9-14(3,4)5/h10-13,16H,6-9,15H2,1-5H3. The van der Waals surface area contributed by atoms with Crippen molar-refractivity contribution in [1.29, 1.82) is 0 Å². The monoisotopic (exact) mass is 226 g/mol. The summed E-state index contributed by atoms with van der Waals surface area (Å²) in [4.78, 5) is 0. The van der Waals surface area contributed by atoms with Gasteiger partial charge in [-0.1, -0.05) is 34.6 Å². The van der Waals surface area contributed by atoms with Gasteiger partial charge in [0.05, 0.1) is 0 Å². The van der Waals surface area contributed by atoms with Crippen LogP contribution in [0.1, 0.15) is 60.3 Å². The maximum atomic E-state index is 5.75. The number of hydrazine groups is 1. The van der Waals surface area contributed by atoms with Crippen molar-refractivity contribution in [2.45, 2.75) is 66.3 Å². The molecule has 3 N–H and O–H groups in total. The van der Waals surface area contributed by atoms with E-state index in [4.69, 9.17) is 5.84 Å². The predicted molar refractivity (Wildman–Crippen MR) is 70.9 cm³/mol. The number of nitrogens with one attached hydrogen (secondary N) is 1. The largest absolute Gasteiger partial charge is 0.271 e. The van der Waals surface area contributed by atoms with Gasteiger partial charge in [0.1, 0.15) is 0 Å². The molecule has 0 aromatic rings. The Labute approximate surface area is 101 Å². The van der Waals surface area contributed by atoms with Gasteiger partial charge in [-0.05, 0) is 48.9 Å². The lowest BCUT2D eigenvalue weighted by atomic mass is 9.71. The normalized spacial score (nSPS) is 33.8. The van der Waals surface area contributed by atoms with Crippen LogP contribution in [-0.2, 0) is 0 Å². The Bertz CT molecular complexity index is 197. The molecule has 0 aromatic carbocycles. The fraction of sp³-hybridized carbons (Fsp3) is 1.00. The second-order valence-electron chi connectivity index (χ2n) is 7.22. The van der Waals surface area contributed by atoms with Crippen molar-refractivity contribution in [1.82, 2.24) is 5.43 Å². The van der Waals surface area contributed by atoms with Crippen LogP contribution in [-0.4, -0.2) is 6.04 Å². The smallest absolute Gasteiger partial charge is 0.0243 e. The molecule has 3 atom stereocenters. The minimum Gasteiger partial charge on any atom is -0.271 e.